The van der Waals surface area contributed by atoms with Gasteiger partial charge in [0, 0.05) is 12.4 Å². The molecule has 0 bridgehead atoms. The van der Waals surface area contributed by atoms with Gasteiger partial charge in [0.05, 0.1) is 6.61 Å². The van der Waals surface area contributed by atoms with Crippen LogP contribution in [-0.4, -0.2) is 65.9 Å². The van der Waals surface area contributed by atoms with E-state index in [4.69, 9.17) is 9.84 Å². The van der Waals surface area contributed by atoms with E-state index in [-0.39, 0.29) is 0 Å². The van der Waals surface area contributed by atoms with Crippen LogP contribution in [0.15, 0.2) is 18.7 Å². The molecule has 2 rings (SSSR count). The first-order valence-corrected chi connectivity index (χ1v) is 6.88. The van der Waals surface area contributed by atoms with E-state index in [2.05, 4.69) is 4.98 Å². The van der Waals surface area contributed by atoms with Crippen LogP contribution < -0.4 is 4.78 Å². The number of hydrogen-bond acceptors (Lipinski definition) is 6. The highest BCUT2D eigenvalue weighted by molar-refractivity contribution is 7.53. The third-order valence-corrected chi connectivity index (χ3v) is 3.71. The van der Waals surface area contributed by atoms with Gasteiger partial charge in [-0.05, 0) is 0 Å². The first kappa shape index (κ1) is 14.4. The van der Waals surface area contributed by atoms with Crippen molar-refractivity contribution in [3.05, 3.63) is 18.7 Å². The fourth-order valence-electron chi connectivity index (χ4n) is 1.86. The molecule has 11 heteroatoms. The zero-order valence-electron chi connectivity index (χ0n) is 9.59. The lowest BCUT2D eigenvalue weighted by atomic mass is 10.1. The van der Waals surface area contributed by atoms with Gasteiger partial charge in [-0.3, -0.25) is 0 Å². The van der Waals surface area contributed by atoms with Gasteiger partial charge in [-0.2, -0.15) is 4.78 Å². The molecule has 4 atom stereocenters. The minimum Gasteiger partial charge on any atom is -0.394 e. The van der Waals surface area contributed by atoms with E-state index in [1.807, 2.05) is 0 Å². The normalized spacial score (nSPS) is 31.6. The van der Waals surface area contributed by atoms with Gasteiger partial charge in [-0.1, -0.05) is 0 Å². The number of nitrogens with zero attached hydrogens (tertiary/aromatic N) is 3. The van der Waals surface area contributed by atoms with Crippen molar-refractivity contribution in [1.82, 2.24) is 9.66 Å². The van der Waals surface area contributed by atoms with Crippen molar-refractivity contribution in [1.29, 1.82) is 0 Å². The molecule has 0 radical (unpaired) electrons. The summed E-state index contributed by atoms with van der Waals surface area (Å²) in [6.07, 6.45) is -2.05. The quantitative estimate of drug-likeness (QED) is 0.375. The van der Waals surface area contributed by atoms with Crippen LogP contribution >= 0.6 is 7.75 Å². The molecule has 0 amide bonds. The molecule has 2 heterocycles. The SMILES string of the molecule is O=P(O)(O)N(C1O[C@H](CO)[C@@H](O)[C@H]1O)n1ccnc1. The third-order valence-electron chi connectivity index (χ3n) is 2.74. The minimum atomic E-state index is -4.84. The first-order valence-electron chi connectivity index (χ1n) is 5.32. The summed E-state index contributed by atoms with van der Waals surface area (Å²) in [5.74, 6) is 0. The standard InChI is InChI=1S/C8H14N3O7P/c12-3-5-6(13)7(14)8(18-5)11(19(15,16)17)10-2-1-9-4-10/h1-2,4-8,12-14H,3H2,(H2,15,16,17)/t5-,6-,7-,8?/m1/s1. The van der Waals surface area contributed by atoms with Gasteiger partial charge in [0.15, 0.2) is 6.23 Å². The smallest absolute Gasteiger partial charge is 0.394 e. The minimum absolute atomic E-state index is 0.448. The maximum Gasteiger partial charge on any atom is 0.446 e. The lowest BCUT2D eigenvalue weighted by molar-refractivity contribution is -0.0247. The largest absolute Gasteiger partial charge is 0.446 e. The number of ether oxygens (including phenoxy) is 1. The summed E-state index contributed by atoms with van der Waals surface area (Å²) in [6, 6.07) is 0. The van der Waals surface area contributed by atoms with Crippen LogP contribution in [0.2, 0.25) is 0 Å². The lowest BCUT2D eigenvalue weighted by Crippen LogP contribution is -2.47. The summed E-state index contributed by atoms with van der Waals surface area (Å²) >= 11 is 0. The molecule has 1 aromatic heterocycles. The zero-order chi connectivity index (χ0) is 14.2. The summed E-state index contributed by atoms with van der Waals surface area (Å²) < 4.78 is 18.0. The first-order chi connectivity index (χ1) is 8.86. The van der Waals surface area contributed by atoms with Crippen molar-refractivity contribution >= 4 is 7.75 Å². The number of aromatic nitrogens is 2. The molecule has 1 aliphatic heterocycles. The van der Waals surface area contributed by atoms with Crippen LogP contribution in [0.3, 0.4) is 0 Å². The van der Waals surface area contributed by atoms with Crippen LogP contribution in [0.5, 0.6) is 0 Å². The Balaban J connectivity index is 2.33. The monoisotopic (exact) mass is 295 g/mol. The van der Waals surface area contributed by atoms with E-state index >= 15 is 0 Å². The highest BCUT2D eigenvalue weighted by Gasteiger charge is 2.49. The summed E-state index contributed by atoms with van der Waals surface area (Å²) in [5.41, 5.74) is 0. The Kier molecular flexibility index (Phi) is 3.92. The van der Waals surface area contributed by atoms with Crippen molar-refractivity contribution in [3.63, 3.8) is 0 Å². The molecule has 1 aromatic rings. The maximum absolute atomic E-state index is 11.5. The van der Waals surface area contributed by atoms with E-state index in [1.165, 1.54) is 12.4 Å². The van der Waals surface area contributed by atoms with Gasteiger partial charge in [0.1, 0.15) is 24.6 Å². The van der Waals surface area contributed by atoms with Crippen molar-refractivity contribution < 1.29 is 34.4 Å². The topological polar surface area (TPSA) is 149 Å². The Morgan fingerprint density at radius 2 is 2.05 bits per heavy atom. The van der Waals surface area contributed by atoms with Crippen LogP contribution in [0.25, 0.3) is 0 Å². The van der Waals surface area contributed by atoms with Gasteiger partial charge in [0.25, 0.3) is 0 Å². The van der Waals surface area contributed by atoms with Gasteiger partial charge >= 0.3 is 7.75 Å². The van der Waals surface area contributed by atoms with Gasteiger partial charge < -0.3 is 29.8 Å². The predicted octanol–water partition coefficient (Wildman–Crippen LogP) is -2.65. The third kappa shape index (κ3) is 2.65. The molecule has 1 fully saturated rings. The molecule has 0 aromatic carbocycles. The molecule has 19 heavy (non-hydrogen) atoms. The van der Waals surface area contributed by atoms with Crippen LogP contribution in [-0.2, 0) is 9.30 Å². The second kappa shape index (κ2) is 5.17. The average Bonchev–Trinajstić information content (AvgIpc) is 2.91. The summed E-state index contributed by atoms with van der Waals surface area (Å²) in [5, 5.41) is 28.3. The van der Waals surface area contributed by atoms with Crippen LogP contribution in [0.4, 0.5) is 0 Å². The summed E-state index contributed by atoms with van der Waals surface area (Å²) in [7, 11) is -4.84. The van der Waals surface area contributed by atoms with Crippen LogP contribution in [0, 0.1) is 0 Å². The van der Waals surface area contributed by atoms with Gasteiger partial charge in [-0.25, -0.2) is 14.2 Å². The molecule has 1 unspecified atom stereocenters. The van der Waals surface area contributed by atoms with E-state index < -0.39 is 38.9 Å². The molecule has 0 aliphatic carbocycles. The van der Waals surface area contributed by atoms with E-state index in [0.29, 0.717) is 4.78 Å². The Morgan fingerprint density at radius 1 is 1.37 bits per heavy atom. The fourth-order valence-corrected chi connectivity index (χ4v) is 2.72. The van der Waals surface area contributed by atoms with Gasteiger partial charge in [-0.15, -0.1) is 0 Å². The number of imidazole rings is 1. The van der Waals surface area contributed by atoms with E-state index in [0.717, 1.165) is 11.0 Å². The highest BCUT2D eigenvalue weighted by Crippen LogP contribution is 2.43. The van der Waals surface area contributed by atoms with Crippen molar-refractivity contribution in [2.45, 2.75) is 24.5 Å². The second-order valence-corrected chi connectivity index (χ2v) is 5.44. The number of aliphatic hydroxyl groups excluding tert-OH is 3. The lowest BCUT2D eigenvalue weighted by Gasteiger charge is -2.32. The average molecular weight is 295 g/mol. The Morgan fingerprint density at radius 3 is 2.47 bits per heavy atom. The number of aliphatic hydroxyl groups is 3. The predicted molar refractivity (Wildman–Crippen MR) is 60.2 cm³/mol. The summed E-state index contributed by atoms with van der Waals surface area (Å²) in [6.45, 7) is -0.590. The molecule has 108 valence electrons. The second-order valence-electron chi connectivity index (χ2n) is 4.01. The van der Waals surface area contributed by atoms with Gasteiger partial charge in [0.2, 0.25) is 0 Å². The van der Waals surface area contributed by atoms with Crippen molar-refractivity contribution in [2.24, 2.45) is 0 Å². The number of rotatable bonds is 4. The molecular formula is C8H14N3O7P. The summed E-state index contributed by atoms with van der Waals surface area (Å²) in [4.78, 5) is 22.3. The van der Waals surface area contributed by atoms with Crippen LogP contribution in [0.1, 0.15) is 0 Å². The maximum atomic E-state index is 11.5. The van der Waals surface area contributed by atoms with Crippen molar-refractivity contribution in [2.75, 3.05) is 11.4 Å². The molecule has 10 nitrogen and oxygen atoms in total. The molecule has 5 N–H and O–H groups in total. The Hall–Kier alpha value is -1.00. The van der Waals surface area contributed by atoms with E-state index in [9.17, 15) is 24.6 Å². The molecule has 0 saturated carbocycles. The molecule has 1 aliphatic rings. The Bertz CT molecular complexity index is 463. The molecular weight excluding hydrogens is 281 g/mol. The Labute approximate surface area is 107 Å². The zero-order valence-corrected chi connectivity index (χ0v) is 10.5. The fraction of sp³-hybridized carbons (Fsp3) is 0.625. The number of hydrogen-bond donors (Lipinski definition) is 5. The van der Waals surface area contributed by atoms with Crippen molar-refractivity contribution in [3.8, 4) is 0 Å². The molecule has 0 spiro atoms. The molecule has 1 saturated heterocycles. The highest BCUT2D eigenvalue weighted by atomic mass is 31.2. The van der Waals surface area contributed by atoms with E-state index in [1.54, 1.807) is 0 Å².